The smallest absolute Gasteiger partial charge is 0.315 e. The number of amides is 3. The van der Waals surface area contributed by atoms with Crippen LogP contribution in [0.15, 0.2) is 0 Å². The summed E-state index contributed by atoms with van der Waals surface area (Å²) < 4.78 is 66.3. The number of carbonyl (C=O) groups is 4. The zero-order chi connectivity index (χ0) is 46.7. The van der Waals surface area contributed by atoms with Crippen molar-refractivity contribution in [2.75, 3.05) is 190 Å². The topological polar surface area (TPSA) is 259 Å². The highest BCUT2D eigenvalue weighted by Gasteiger charge is 2.42. The number of aliphatic carboxylic acids is 2. The molecule has 0 spiro atoms. The average molecular weight is 959 g/mol. The Labute approximate surface area is 388 Å². The van der Waals surface area contributed by atoms with Gasteiger partial charge in [-0.25, -0.2) is 4.79 Å². The van der Waals surface area contributed by atoms with Crippen molar-refractivity contribution in [3.05, 3.63) is 0 Å². The molecular formula is C42H78N4O18S. The van der Waals surface area contributed by atoms with Crippen LogP contribution in [0.1, 0.15) is 38.5 Å². The molecule has 2 rings (SSSR count). The van der Waals surface area contributed by atoms with E-state index in [1.54, 1.807) is 0 Å². The van der Waals surface area contributed by atoms with Crippen LogP contribution in [0.3, 0.4) is 0 Å². The molecule has 0 aromatic rings. The Bertz CT molecular complexity index is 1140. The van der Waals surface area contributed by atoms with Crippen molar-refractivity contribution in [1.82, 2.24) is 20.9 Å². The number of urea groups is 1. The zero-order valence-electron chi connectivity index (χ0n) is 38.3. The van der Waals surface area contributed by atoms with E-state index in [9.17, 15) is 19.2 Å². The number of unbranched alkanes of at least 4 members (excludes halogenated alkanes) is 1. The number of nitrogens with one attached hydrogen (secondary N) is 3. The molecule has 2 saturated heterocycles. The fourth-order valence-electron chi connectivity index (χ4n) is 6.15. The van der Waals surface area contributed by atoms with Crippen LogP contribution in [-0.2, 0) is 71.2 Å². The number of carboxylic acid groups (broad SMARTS) is 2. The number of rotatable bonds is 50. The van der Waals surface area contributed by atoms with Crippen LogP contribution in [0.25, 0.3) is 0 Å². The van der Waals surface area contributed by atoms with Crippen molar-refractivity contribution in [3.63, 3.8) is 0 Å². The molecular weight excluding hydrogens is 881 g/mol. The van der Waals surface area contributed by atoms with Crippen LogP contribution in [0.4, 0.5) is 4.79 Å². The molecule has 0 radical (unpaired) electrons. The maximum atomic E-state index is 12.1. The summed E-state index contributed by atoms with van der Waals surface area (Å²) in [6, 6.07) is 0.360. The average Bonchev–Trinajstić information content (AvgIpc) is 3.84. The van der Waals surface area contributed by atoms with Crippen molar-refractivity contribution < 1.29 is 86.2 Å². The van der Waals surface area contributed by atoms with Crippen LogP contribution >= 0.6 is 11.8 Å². The lowest BCUT2D eigenvalue weighted by Crippen LogP contribution is -2.36. The number of ether oxygens (including phenoxy) is 12. The van der Waals surface area contributed by atoms with E-state index < -0.39 is 11.9 Å². The van der Waals surface area contributed by atoms with Crippen molar-refractivity contribution >= 4 is 35.6 Å². The van der Waals surface area contributed by atoms with E-state index >= 15 is 0 Å². The first kappa shape index (κ1) is 58.6. The Hall–Kier alpha value is -2.49. The Kier molecular flexibility index (Phi) is 38.6. The molecule has 2 aliphatic heterocycles. The normalized spacial score (nSPS) is 16.8. The van der Waals surface area contributed by atoms with Gasteiger partial charge >= 0.3 is 18.0 Å². The number of thioether (sulfide) groups is 1. The molecule has 380 valence electrons. The van der Waals surface area contributed by atoms with Crippen LogP contribution in [0.2, 0.25) is 0 Å². The van der Waals surface area contributed by atoms with E-state index in [0.29, 0.717) is 183 Å². The highest BCUT2D eigenvalue weighted by Crippen LogP contribution is 2.33. The summed E-state index contributed by atoms with van der Waals surface area (Å²) in [5.74, 6) is -0.814. The minimum atomic E-state index is -0.892. The molecule has 1 unspecified atom stereocenters. The SMILES string of the molecule is O=C(O)CCOCCOCCOCCOCCN(CCOCCOCCOCCOCCNC(=O)CCCCC1SC[C@H]2NC(=O)N[C@H]12)CCOCCOCCOCCOCCC(=O)O. The monoisotopic (exact) mass is 959 g/mol. The lowest BCUT2D eigenvalue weighted by molar-refractivity contribution is -0.139. The molecule has 0 saturated carbocycles. The quantitative estimate of drug-likeness (QED) is 0.0405. The third-order valence-corrected chi connectivity index (χ3v) is 11.1. The second-order valence-electron chi connectivity index (χ2n) is 14.7. The van der Waals surface area contributed by atoms with Gasteiger partial charge in [0.05, 0.1) is 183 Å². The molecule has 0 aromatic carbocycles. The maximum absolute atomic E-state index is 12.1. The second-order valence-corrected chi connectivity index (χ2v) is 16.0. The first-order valence-corrected chi connectivity index (χ1v) is 23.9. The standard InChI is InChI=1S/C42H78N4O18S/c47-38(4-2-1-3-37-41-36(35-65-37)44-42(52)45-41)43-7-13-55-19-25-61-31-34-64-28-22-58-16-10-46(8-14-56-20-26-62-32-29-59-23-17-53-11-5-39(48)49)9-15-57-21-27-63-33-30-60-24-18-54-12-6-40(50)51/h36-37,41H,1-35H2,(H,43,47)(H,48,49)(H,50,51)(H2,44,45,52)/t36-,37?,41+/m1/s1. The van der Waals surface area contributed by atoms with E-state index in [2.05, 4.69) is 20.9 Å². The van der Waals surface area contributed by atoms with Crippen molar-refractivity contribution in [2.24, 2.45) is 0 Å². The molecule has 3 atom stereocenters. The summed E-state index contributed by atoms with van der Waals surface area (Å²) >= 11 is 1.89. The summed E-state index contributed by atoms with van der Waals surface area (Å²) in [5.41, 5.74) is 0. The predicted molar refractivity (Wildman–Crippen MR) is 238 cm³/mol. The van der Waals surface area contributed by atoms with Gasteiger partial charge in [-0.2, -0.15) is 11.8 Å². The van der Waals surface area contributed by atoms with E-state index in [-0.39, 0.29) is 50.1 Å². The highest BCUT2D eigenvalue weighted by molar-refractivity contribution is 8.00. The van der Waals surface area contributed by atoms with E-state index in [4.69, 9.17) is 67.1 Å². The molecule has 0 aromatic heterocycles. The summed E-state index contributed by atoms with van der Waals surface area (Å²) in [6.07, 6.45) is 3.21. The number of nitrogens with zero attached hydrogens (tertiary/aromatic N) is 1. The highest BCUT2D eigenvalue weighted by atomic mass is 32.2. The van der Waals surface area contributed by atoms with E-state index in [0.717, 1.165) is 25.0 Å². The largest absolute Gasteiger partial charge is 0.481 e. The molecule has 2 fully saturated rings. The number of carbonyl (C=O) groups excluding carboxylic acids is 2. The fourth-order valence-corrected chi connectivity index (χ4v) is 7.69. The lowest BCUT2D eigenvalue weighted by atomic mass is 10.0. The van der Waals surface area contributed by atoms with Gasteiger partial charge in [0, 0.05) is 43.6 Å². The first-order chi connectivity index (χ1) is 31.8. The maximum Gasteiger partial charge on any atom is 0.315 e. The molecule has 23 heteroatoms. The Morgan fingerprint density at radius 3 is 1.28 bits per heavy atom. The molecule has 2 heterocycles. The van der Waals surface area contributed by atoms with Crippen LogP contribution < -0.4 is 16.0 Å². The van der Waals surface area contributed by atoms with Crippen molar-refractivity contribution in [3.8, 4) is 0 Å². The summed E-state index contributed by atoms with van der Waals surface area (Å²) in [7, 11) is 0. The Morgan fingerprint density at radius 1 is 0.508 bits per heavy atom. The van der Waals surface area contributed by atoms with Gasteiger partial charge in [-0.3, -0.25) is 19.3 Å². The minimum Gasteiger partial charge on any atom is -0.481 e. The molecule has 0 bridgehead atoms. The van der Waals surface area contributed by atoms with Gasteiger partial charge in [0.25, 0.3) is 0 Å². The second kappa shape index (κ2) is 42.8. The zero-order valence-corrected chi connectivity index (χ0v) is 39.1. The molecule has 5 N–H and O–H groups in total. The van der Waals surface area contributed by atoms with Crippen LogP contribution in [-0.4, -0.2) is 247 Å². The fraction of sp³-hybridized carbons (Fsp3) is 0.905. The third-order valence-electron chi connectivity index (χ3n) is 9.57. The predicted octanol–water partition coefficient (Wildman–Crippen LogP) is 0.279. The Morgan fingerprint density at radius 2 is 0.877 bits per heavy atom. The van der Waals surface area contributed by atoms with Crippen molar-refractivity contribution in [1.29, 1.82) is 0 Å². The van der Waals surface area contributed by atoms with Gasteiger partial charge < -0.3 is 83.0 Å². The number of fused-ring (bicyclic) bond motifs is 1. The van der Waals surface area contributed by atoms with Gasteiger partial charge in [-0.15, -0.1) is 0 Å². The molecule has 2 aliphatic rings. The minimum absolute atomic E-state index is 0.0252. The number of hydrogen-bond acceptors (Lipinski definition) is 18. The molecule has 65 heavy (non-hydrogen) atoms. The first-order valence-electron chi connectivity index (χ1n) is 22.9. The van der Waals surface area contributed by atoms with Gasteiger partial charge in [0.2, 0.25) is 5.91 Å². The van der Waals surface area contributed by atoms with Gasteiger partial charge in [0.15, 0.2) is 0 Å². The van der Waals surface area contributed by atoms with Crippen LogP contribution in [0, 0.1) is 0 Å². The lowest BCUT2D eigenvalue weighted by Gasteiger charge is -2.22. The molecule has 0 aliphatic carbocycles. The molecule has 3 amide bonds. The Balaban J connectivity index is 1.41. The summed E-state index contributed by atoms with van der Waals surface area (Å²) in [5, 5.41) is 26.5. The third kappa shape index (κ3) is 36.3. The molecule has 22 nitrogen and oxygen atoms in total. The van der Waals surface area contributed by atoms with Gasteiger partial charge in [-0.1, -0.05) is 6.42 Å². The number of carboxylic acids is 2. The van der Waals surface area contributed by atoms with Gasteiger partial charge in [0.1, 0.15) is 0 Å². The van der Waals surface area contributed by atoms with E-state index in [1.165, 1.54) is 0 Å². The van der Waals surface area contributed by atoms with Crippen molar-refractivity contribution in [2.45, 2.75) is 55.9 Å². The van der Waals surface area contributed by atoms with E-state index in [1.807, 2.05) is 11.8 Å². The summed E-state index contributed by atoms with van der Waals surface area (Å²) in [4.78, 5) is 46.8. The van der Waals surface area contributed by atoms with Gasteiger partial charge in [-0.05, 0) is 12.8 Å². The number of hydrogen-bond donors (Lipinski definition) is 5. The summed E-state index contributed by atoms with van der Waals surface area (Å²) in [6.45, 7) is 12.3. The van der Waals surface area contributed by atoms with Crippen LogP contribution in [0.5, 0.6) is 0 Å².